The Bertz CT molecular complexity index is 385. The van der Waals surface area contributed by atoms with Crippen molar-refractivity contribution in [1.29, 1.82) is 0 Å². The first kappa shape index (κ1) is 17.5. The molecule has 1 rings (SSSR count). The summed E-state index contributed by atoms with van der Waals surface area (Å²) in [5, 5.41) is 13.1. The molecule has 0 spiro atoms. The Hall–Kier alpha value is -0.580. The Kier molecular flexibility index (Phi) is 8.90. The SMILES string of the molecule is CCCCCCOCC(O)CNc1cccc(Br)c1C. The summed E-state index contributed by atoms with van der Waals surface area (Å²) >= 11 is 3.50. The van der Waals surface area contributed by atoms with Crippen LogP contribution < -0.4 is 5.32 Å². The summed E-state index contributed by atoms with van der Waals surface area (Å²) in [5.41, 5.74) is 2.20. The molecular weight excluding hydrogens is 318 g/mol. The number of benzene rings is 1. The highest BCUT2D eigenvalue weighted by atomic mass is 79.9. The zero-order chi connectivity index (χ0) is 14.8. The third-order valence-electron chi connectivity index (χ3n) is 3.25. The van der Waals surface area contributed by atoms with E-state index in [1.165, 1.54) is 19.3 Å². The van der Waals surface area contributed by atoms with Gasteiger partial charge in [0.1, 0.15) is 0 Å². The van der Waals surface area contributed by atoms with Gasteiger partial charge in [-0.3, -0.25) is 0 Å². The number of ether oxygens (including phenoxy) is 1. The van der Waals surface area contributed by atoms with E-state index in [1.54, 1.807) is 0 Å². The van der Waals surface area contributed by atoms with Crippen LogP contribution in [0, 0.1) is 6.92 Å². The van der Waals surface area contributed by atoms with E-state index < -0.39 is 6.10 Å². The van der Waals surface area contributed by atoms with E-state index >= 15 is 0 Å². The minimum atomic E-state index is -0.473. The van der Waals surface area contributed by atoms with Crippen molar-refractivity contribution in [2.24, 2.45) is 0 Å². The van der Waals surface area contributed by atoms with Crippen LogP contribution in [0.25, 0.3) is 0 Å². The van der Waals surface area contributed by atoms with E-state index in [9.17, 15) is 5.11 Å². The lowest BCUT2D eigenvalue weighted by atomic mass is 10.2. The number of aliphatic hydroxyl groups is 1. The van der Waals surface area contributed by atoms with E-state index in [4.69, 9.17) is 4.74 Å². The molecule has 0 saturated carbocycles. The minimum Gasteiger partial charge on any atom is -0.389 e. The Morgan fingerprint density at radius 1 is 1.30 bits per heavy atom. The van der Waals surface area contributed by atoms with Gasteiger partial charge in [0.05, 0.1) is 12.7 Å². The normalized spacial score (nSPS) is 12.4. The molecule has 0 heterocycles. The van der Waals surface area contributed by atoms with Gasteiger partial charge in [0.2, 0.25) is 0 Å². The first-order valence-electron chi connectivity index (χ1n) is 7.40. The number of aliphatic hydroxyl groups excluding tert-OH is 1. The second-order valence-corrected chi connectivity index (χ2v) is 5.94. The van der Waals surface area contributed by atoms with E-state index in [2.05, 4.69) is 28.2 Å². The van der Waals surface area contributed by atoms with E-state index in [1.807, 2.05) is 25.1 Å². The Balaban J connectivity index is 2.16. The zero-order valence-electron chi connectivity index (χ0n) is 12.5. The van der Waals surface area contributed by atoms with Crippen LogP contribution in [0.3, 0.4) is 0 Å². The highest BCUT2D eigenvalue weighted by Crippen LogP contribution is 2.23. The molecule has 1 aromatic rings. The lowest BCUT2D eigenvalue weighted by Gasteiger charge is -2.15. The van der Waals surface area contributed by atoms with Gasteiger partial charge in [-0.15, -0.1) is 0 Å². The molecule has 4 heteroatoms. The van der Waals surface area contributed by atoms with Gasteiger partial charge in [-0.25, -0.2) is 0 Å². The minimum absolute atomic E-state index is 0.395. The molecule has 0 aromatic heterocycles. The topological polar surface area (TPSA) is 41.5 Å². The van der Waals surface area contributed by atoms with Gasteiger partial charge in [-0.2, -0.15) is 0 Å². The lowest BCUT2D eigenvalue weighted by Crippen LogP contribution is -2.25. The third kappa shape index (κ3) is 6.73. The molecule has 1 unspecified atom stereocenters. The van der Waals surface area contributed by atoms with Gasteiger partial charge in [0.25, 0.3) is 0 Å². The molecule has 0 aliphatic carbocycles. The summed E-state index contributed by atoms with van der Waals surface area (Å²) in [7, 11) is 0. The van der Waals surface area contributed by atoms with Crippen LogP contribution in [0.2, 0.25) is 0 Å². The van der Waals surface area contributed by atoms with Crippen molar-refractivity contribution in [2.45, 2.75) is 45.6 Å². The van der Waals surface area contributed by atoms with Gasteiger partial charge < -0.3 is 15.2 Å². The molecule has 0 amide bonds. The number of hydrogen-bond acceptors (Lipinski definition) is 3. The van der Waals surface area contributed by atoms with Crippen molar-refractivity contribution >= 4 is 21.6 Å². The fourth-order valence-electron chi connectivity index (χ4n) is 1.94. The van der Waals surface area contributed by atoms with Crippen LogP contribution in [0.4, 0.5) is 5.69 Å². The molecule has 0 fully saturated rings. The first-order valence-corrected chi connectivity index (χ1v) is 8.19. The summed E-state index contributed by atoms with van der Waals surface area (Å²) in [4.78, 5) is 0. The average molecular weight is 344 g/mol. The molecule has 1 atom stereocenters. The fourth-order valence-corrected chi connectivity index (χ4v) is 2.30. The zero-order valence-corrected chi connectivity index (χ0v) is 14.1. The first-order chi connectivity index (χ1) is 9.65. The van der Waals surface area contributed by atoms with E-state index in [-0.39, 0.29) is 0 Å². The molecule has 1 aromatic carbocycles. The largest absolute Gasteiger partial charge is 0.389 e. The monoisotopic (exact) mass is 343 g/mol. The smallest absolute Gasteiger partial charge is 0.0945 e. The predicted molar refractivity (Wildman–Crippen MR) is 88.3 cm³/mol. The fraction of sp³-hybridized carbons (Fsp3) is 0.625. The molecule has 0 radical (unpaired) electrons. The van der Waals surface area contributed by atoms with Crippen LogP contribution in [0.1, 0.15) is 38.2 Å². The molecule has 2 N–H and O–H groups in total. The quantitative estimate of drug-likeness (QED) is 0.627. The van der Waals surface area contributed by atoms with Gasteiger partial charge in [0.15, 0.2) is 0 Å². The maximum absolute atomic E-state index is 9.87. The molecule has 114 valence electrons. The standard InChI is InChI=1S/C16H26BrNO2/c1-3-4-5-6-10-20-12-14(19)11-18-16-9-7-8-15(17)13(16)2/h7-9,14,18-19H,3-6,10-12H2,1-2H3. The molecule has 0 aliphatic rings. The number of anilines is 1. The Labute approximate surface area is 130 Å². The van der Waals surface area contributed by atoms with Crippen molar-refractivity contribution in [3.63, 3.8) is 0 Å². The maximum Gasteiger partial charge on any atom is 0.0945 e. The number of rotatable bonds is 10. The van der Waals surface area contributed by atoms with Gasteiger partial charge in [-0.1, -0.05) is 48.2 Å². The van der Waals surface area contributed by atoms with Crippen molar-refractivity contribution in [2.75, 3.05) is 25.1 Å². The predicted octanol–water partition coefficient (Wildman–Crippen LogP) is 4.13. The van der Waals surface area contributed by atoms with E-state index in [0.717, 1.165) is 28.8 Å². The lowest BCUT2D eigenvalue weighted by molar-refractivity contribution is 0.0416. The number of nitrogens with one attached hydrogen (secondary N) is 1. The highest BCUT2D eigenvalue weighted by molar-refractivity contribution is 9.10. The van der Waals surface area contributed by atoms with Crippen molar-refractivity contribution in [3.8, 4) is 0 Å². The van der Waals surface area contributed by atoms with Crippen molar-refractivity contribution in [3.05, 3.63) is 28.2 Å². The molecule has 0 saturated heterocycles. The average Bonchev–Trinajstić information content (AvgIpc) is 2.44. The second kappa shape index (κ2) is 10.2. The number of halogens is 1. The summed E-state index contributed by atoms with van der Waals surface area (Å²) in [6, 6.07) is 6.00. The summed E-state index contributed by atoms with van der Waals surface area (Å²) in [6.45, 7) is 5.88. The number of hydrogen-bond donors (Lipinski definition) is 2. The third-order valence-corrected chi connectivity index (χ3v) is 4.11. The van der Waals surface area contributed by atoms with Crippen LogP contribution >= 0.6 is 15.9 Å². The summed E-state index contributed by atoms with van der Waals surface area (Å²) < 4.78 is 6.56. The van der Waals surface area contributed by atoms with Crippen LogP contribution in [0.5, 0.6) is 0 Å². The molecule has 0 bridgehead atoms. The van der Waals surface area contributed by atoms with Gasteiger partial charge in [-0.05, 0) is 31.0 Å². The van der Waals surface area contributed by atoms with Crippen LogP contribution in [0.15, 0.2) is 22.7 Å². The van der Waals surface area contributed by atoms with Gasteiger partial charge in [0, 0.05) is 23.3 Å². The van der Waals surface area contributed by atoms with Crippen molar-refractivity contribution in [1.82, 2.24) is 0 Å². The summed E-state index contributed by atoms with van der Waals surface area (Å²) in [6.07, 6.45) is 4.31. The highest BCUT2D eigenvalue weighted by Gasteiger charge is 2.06. The molecular formula is C16H26BrNO2. The van der Waals surface area contributed by atoms with Gasteiger partial charge >= 0.3 is 0 Å². The van der Waals surface area contributed by atoms with Crippen molar-refractivity contribution < 1.29 is 9.84 Å². The molecule has 3 nitrogen and oxygen atoms in total. The second-order valence-electron chi connectivity index (χ2n) is 5.08. The maximum atomic E-state index is 9.87. The van der Waals surface area contributed by atoms with E-state index in [0.29, 0.717) is 13.2 Å². The Morgan fingerprint density at radius 2 is 2.10 bits per heavy atom. The molecule has 20 heavy (non-hydrogen) atoms. The molecule has 0 aliphatic heterocycles. The summed E-state index contributed by atoms with van der Waals surface area (Å²) in [5.74, 6) is 0. The van der Waals surface area contributed by atoms with Crippen LogP contribution in [-0.4, -0.2) is 31.0 Å². The van der Waals surface area contributed by atoms with Crippen LogP contribution in [-0.2, 0) is 4.74 Å². The Morgan fingerprint density at radius 3 is 2.85 bits per heavy atom. The number of unbranched alkanes of at least 4 members (excludes halogenated alkanes) is 3.